The molecule has 4 rings (SSSR count). The van der Waals surface area contributed by atoms with Crippen molar-refractivity contribution in [2.45, 2.75) is 6.18 Å². The van der Waals surface area contributed by atoms with Crippen LogP contribution in [0.2, 0.25) is 0 Å². The van der Waals surface area contributed by atoms with Crippen molar-refractivity contribution in [1.82, 2.24) is 19.9 Å². The summed E-state index contributed by atoms with van der Waals surface area (Å²) in [4.78, 5) is 26.4. The van der Waals surface area contributed by atoms with E-state index >= 15 is 0 Å². The number of aromatic nitrogens is 3. The smallest absolute Gasteiger partial charge is 0.475 e. The number of nitrogen functional groups attached to an aromatic ring is 1. The van der Waals surface area contributed by atoms with Gasteiger partial charge in [-0.15, -0.1) is 0 Å². The Bertz CT molecular complexity index is 1180. The highest BCUT2D eigenvalue weighted by Crippen LogP contribution is 2.34. The lowest BCUT2D eigenvalue weighted by Gasteiger charge is -2.35. The highest BCUT2D eigenvalue weighted by atomic mass is 19.4. The first kappa shape index (κ1) is 24.9. The minimum absolute atomic E-state index is 0.129. The summed E-state index contributed by atoms with van der Waals surface area (Å²) in [5.41, 5.74) is 8.11. The maximum Gasteiger partial charge on any atom is 0.490 e. The molecular formula is C21H23F4N7O2. The molecule has 182 valence electrons. The van der Waals surface area contributed by atoms with E-state index < -0.39 is 12.1 Å². The highest BCUT2D eigenvalue weighted by molar-refractivity contribution is 5.90. The number of anilines is 3. The number of nitrogens with one attached hydrogen (secondary N) is 1. The SMILES string of the molecule is CNc1nc(N)nc2nc(-c3c(F)cccc3N3CCN(C)CC3)ccc12.O=C(O)C(F)(F)F. The van der Waals surface area contributed by atoms with E-state index in [0.29, 0.717) is 22.7 Å². The number of halogens is 4. The van der Waals surface area contributed by atoms with Crippen LogP contribution < -0.4 is 16.0 Å². The first-order chi connectivity index (χ1) is 16.0. The first-order valence-corrected chi connectivity index (χ1v) is 10.2. The minimum atomic E-state index is -5.08. The highest BCUT2D eigenvalue weighted by Gasteiger charge is 2.38. The number of likely N-dealkylation sites (N-methyl/N-ethyl adjacent to an activating group) is 1. The molecule has 0 radical (unpaired) electrons. The summed E-state index contributed by atoms with van der Waals surface area (Å²) in [5, 5.41) is 10.9. The van der Waals surface area contributed by atoms with Crippen molar-refractivity contribution < 1.29 is 27.5 Å². The van der Waals surface area contributed by atoms with Gasteiger partial charge in [0, 0.05) is 38.9 Å². The Morgan fingerprint density at radius 1 is 1.09 bits per heavy atom. The van der Waals surface area contributed by atoms with Crippen LogP contribution in [0.25, 0.3) is 22.3 Å². The van der Waals surface area contributed by atoms with Crippen LogP contribution in [0.3, 0.4) is 0 Å². The summed E-state index contributed by atoms with van der Waals surface area (Å²) in [7, 11) is 3.86. The maximum absolute atomic E-state index is 14.8. The second kappa shape index (κ2) is 10.0. The molecule has 2 aromatic heterocycles. The second-order valence-electron chi connectivity index (χ2n) is 7.48. The van der Waals surface area contributed by atoms with Gasteiger partial charge < -0.3 is 26.0 Å². The number of carbonyl (C=O) groups is 1. The van der Waals surface area contributed by atoms with E-state index in [1.54, 1.807) is 19.2 Å². The van der Waals surface area contributed by atoms with Gasteiger partial charge in [-0.25, -0.2) is 14.2 Å². The van der Waals surface area contributed by atoms with Gasteiger partial charge in [0.05, 0.1) is 16.6 Å². The monoisotopic (exact) mass is 481 g/mol. The third-order valence-electron chi connectivity index (χ3n) is 5.15. The zero-order valence-corrected chi connectivity index (χ0v) is 18.4. The Morgan fingerprint density at radius 2 is 1.74 bits per heavy atom. The molecule has 4 N–H and O–H groups in total. The number of fused-ring (bicyclic) bond motifs is 1. The van der Waals surface area contributed by atoms with Crippen LogP contribution in [0.5, 0.6) is 0 Å². The van der Waals surface area contributed by atoms with Crippen LogP contribution in [0.15, 0.2) is 30.3 Å². The number of hydrogen-bond donors (Lipinski definition) is 3. The van der Waals surface area contributed by atoms with E-state index in [1.807, 2.05) is 12.1 Å². The van der Waals surface area contributed by atoms with Gasteiger partial charge in [-0.2, -0.15) is 23.1 Å². The fourth-order valence-electron chi connectivity index (χ4n) is 3.43. The zero-order chi connectivity index (χ0) is 25.0. The Hall–Kier alpha value is -3.74. The zero-order valence-electron chi connectivity index (χ0n) is 18.4. The first-order valence-electron chi connectivity index (χ1n) is 10.2. The molecule has 1 saturated heterocycles. The summed E-state index contributed by atoms with van der Waals surface area (Å²) in [6, 6.07) is 8.81. The number of piperazine rings is 1. The molecule has 1 fully saturated rings. The van der Waals surface area contributed by atoms with Gasteiger partial charge in [0.15, 0.2) is 5.65 Å². The van der Waals surface area contributed by atoms with Crippen molar-refractivity contribution in [3.8, 4) is 11.3 Å². The Labute approximate surface area is 192 Å². The van der Waals surface area contributed by atoms with Crippen molar-refractivity contribution in [3.05, 3.63) is 36.1 Å². The molecule has 0 unspecified atom stereocenters. The summed E-state index contributed by atoms with van der Waals surface area (Å²) in [5.74, 6) is -2.32. The largest absolute Gasteiger partial charge is 0.490 e. The maximum atomic E-state index is 14.8. The quantitative estimate of drug-likeness (QED) is 0.485. The number of nitrogens with zero attached hydrogens (tertiary/aromatic N) is 5. The molecule has 1 aliphatic rings. The predicted octanol–water partition coefficient (Wildman–Crippen LogP) is 2.84. The number of rotatable bonds is 3. The van der Waals surface area contributed by atoms with Gasteiger partial charge in [-0.3, -0.25) is 0 Å². The van der Waals surface area contributed by atoms with E-state index in [-0.39, 0.29) is 11.8 Å². The molecule has 1 aromatic carbocycles. The number of nitrogens with two attached hydrogens (primary N) is 1. The van der Waals surface area contributed by atoms with E-state index in [0.717, 1.165) is 37.3 Å². The molecule has 0 aliphatic carbocycles. The molecule has 34 heavy (non-hydrogen) atoms. The van der Waals surface area contributed by atoms with Crippen LogP contribution in [-0.4, -0.2) is 77.4 Å². The van der Waals surface area contributed by atoms with Crippen LogP contribution >= 0.6 is 0 Å². The average Bonchev–Trinajstić information content (AvgIpc) is 2.78. The number of carboxylic acids is 1. The fourth-order valence-corrected chi connectivity index (χ4v) is 3.43. The summed E-state index contributed by atoms with van der Waals surface area (Å²) in [6.45, 7) is 3.58. The summed E-state index contributed by atoms with van der Waals surface area (Å²) >= 11 is 0. The fraction of sp³-hybridized carbons (Fsp3) is 0.333. The van der Waals surface area contributed by atoms with Gasteiger partial charge in [-0.05, 0) is 31.3 Å². The molecule has 0 amide bonds. The van der Waals surface area contributed by atoms with Gasteiger partial charge in [0.25, 0.3) is 0 Å². The third-order valence-corrected chi connectivity index (χ3v) is 5.15. The van der Waals surface area contributed by atoms with Gasteiger partial charge in [0.1, 0.15) is 11.6 Å². The standard InChI is InChI=1S/C19H22FN7.C2HF3O2/c1-22-17-12-6-7-14(23-18(12)25-19(21)24-17)16-13(20)4-3-5-15(16)27-10-8-26(2)9-11-27;3-2(4,5)1(6)7/h3-7H,8-11H2,1-2H3,(H3,21,22,23,24,25);(H,6,7). The Kier molecular flexibility index (Phi) is 7.35. The van der Waals surface area contributed by atoms with Crippen molar-refractivity contribution in [2.24, 2.45) is 0 Å². The van der Waals surface area contributed by atoms with Crippen LogP contribution in [0.4, 0.5) is 35.0 Å². The molecule has 0 bridgehead atoms. The molecule has 1 aliphatic heterocycles. The lowest BCUT2D eigenvalue weighted by atomic mass is 10.1. The van der Waals surface area contributed by atoms with Gasteiger partial charge in [-0.1, -0.05) is 6.07 Å². The molecule has 0 saturated carbocycles. The summed E-state index contributed by atoms with van der Waals surface area (Å²) < 4.78 is 46.6. The van der Waals surface area contributed by atoms with Crippen LogP contribution in [0, 0.1) is 5.82 Å². The summed E-state index contributed by atoms with van der Waals surface area (Å²) in [6.07, 6.45) is -5.08. The topological polar surface area (TPSA) is 120 Å². The Morgan fingerprint density at radius 3 is 2.32 bits per heavy atom. The minimum Gasteiger partial charge on any atom is -0.475 e. The number of carboxylic acid groups (broad SMARTS) is 1. The van der Waals surface area contributed by atoms with E-state index in [2.05, 4.69) is 37.1 Å². The molecule has 0 atom stereocenters. The van der Waals surface area contributed by atoms with Crippen molar-refractivity contribution in [1.29, 1.82) is 0 Å². The molecule has 3 heterocycles. The van der Waals surface area contributed by atoms with Crippen molar-refractivity contribution in [2.75, 3.05) is 56.2 Å². The normalized spacial score (nSPS) is 14.5. The van der Waals surface area contributed by atoms with E-state index in [1.165, 1.54) is 6.07 Å². The molecule has 3 aromatic rings. The number of alkyl halides is 3. The molecular weight excluding hydrogens is 458 g/mol. The van der Waals surface area contributed by atoms with E-state index in [9.17, 15) is 17.6 Å². The number of hydrogen-bond acceptors (Lipinski definition) is 8. The van der Waals surface area contributed by atoms with Crippen LogP contribution in [0.1, 0.15) is 0 Å². The lowest BCUT2D eigenvalue weighted by molar-refractivity contribution is -0.192. The number of benzene rings is 1. The molecule has 9 nitrogen and oxygen atoms in total. The number of pyridine rings is 1. The van der Waals surface area contributed by atoms with Crippen molar-refractivity contribution >= 4 is 34.5 Å². The van der Waals surface area contributed by atoms with Crippen molar-refractivity contribution in [3.63, 3.8) is 0 Å². The average molecular weight is 481 g/mol. The third kappa shape index (κ3) is 5.60. The molecule has 13 heteroatoms. The molecule has 0 spiro atoms. The van der Waals surface area contributed by atoms with E-state index in [4.69, 9.17) is 15.6 Å². The number of aliphatic carboxylic acids is 1. The Balaban J connectivity index is 0.000000406. The lowest BCUT2D eigenvalue weighted by Crippen LogP contribution is -2.44. The van der Waals surface area contributed by atoms with Gasteiger partial charge in [0.2, 0.25) is 5.95 Å². The van der Waals surface area contributed by atoms with Crippen LogP contribution in [-0.2, 0) is 4.79 Å². The second-order valence-corrected chi connectivity index (χ2v) is 7.48. The van der Waals surface area contributed by atoms with Gasteiger partial charge >= 0.3 is 12.1 Å². The predicted molar refractivity (Wildman–Crippen MR) is 120 cm³/mol.